The number of nitrogens with one attached hydrogen (secondary N) is 1. The maximum atomic E-state index is 12.6. The fourth-order valence-corrected chi connectivity index (χ4v) is 2.93. The standard InChI is InChI=1S/C20H29N3O6/c1-20(2,3)29-19(26)23-12-15(11-16(23)17(24)22(4)27-5)21-18(25)28-13-14-9-7-6-8-10-14/h6-10,15-16H,11-13H2,1-5H3,(H,21,25)/t15-,16-/m0/s1. The Kier molecular flexibility index (Phi) is 7.44. The van der Waals surface area contributed by atoms with Crippen molar-refractivity contribution < 1.29 is 28.7 Å². The van der Waals surface area contributed by atoms with Gasteiger partial charge in [-0.1, -0.05) is 30.3 Å². The summed E-state index contributed by atoms with van der Waals surface area (Å²) in [5.74, 6) is -0.402. The lowest BCUT2D eigenvalue weighted by Crippen LogP contribution is -2.47. The summed E-state index contributed by atoms with van der Waals surface area (Å²) in [5, 5.41) is 3.77. The maximum absolute atomic E-state index is 12.6. The average molecular weight is 407 g/mol. The first-order valence-electron chi connectivity index (χ1n) is 9.39. The Balaban J connectivity index is 2.01. The second kappa shape index (κ2) is 9.60. The van der Waals surface area contributed by atoms with Gasteiger partial charge in [0, 0.05) is 13.6 Å². The zero-order valence-corrected chi connectivity index (χ0v) is 17.5. The molecule has 1 saturated heterocycles. The van der Waals surface area contributed by atoms with Crippen LogP contribution in [0.25, 0.3) is 0 Å². The molecule has 2 rings (SSSR count). The number of ether oxygens (including phenoxy) is 2. The Bertz CT molecular complexity index is 719. The highest BCUT2D eigenvalue weighted by Crippen LogP contribution is 2.23. The summed E-state index contributed by atoms with van der Waals surface area (Å²) >= 11 is 0. The molecule has 0 unspecified atom stereocenters. The van der Waals surface area contributed by atoms with Gasteiger partial charge in [0.2, 0.25) is 0 Å². The van der Waals surface area contributed by atoms with Crippen LogP contribution in [-0.4, -0.2) is 66.4 Å². The van der Waals surface area contributed by atoms with Gasteiger partial charge in [0.05, 0.1) is 13.2 Å². The first kappa shape index (κ1) is 22.5. The van der Waals surface area contributed by atoms with Gasteiger partial charge in [-0.3, -0.25) is 14.5 Å². The molecule has 9 nitrogen and oxygen atoms in total. The van der Waals surface area contributed by atoms with Crippen molar-refractivity contribution in [1.29, 1.82) is 0 Å². The number of hydrogen-bond donors (Lipinski definition) is 1. The van der Waals surface area contributed by atoms with Crippen LogP contribution < -0.4 is 5.32 Å². The lowest BCUT2D eigenvalue weighted by Gasteiger charge is -2.29. The minimum absolute atomic E-state index is 0.128. The number of rotatable bonds is 5. The highest BCUT2D eigenvalue weighted by molar-refractivity contribution is 5.86. The maximum Gasteiger partial charge on any atom is 0.411 e. The molecular formula is C20H29N3O6. The van der Waals surface area contributed by atoms with E-state index in [0.29, 0.717) is 0 Å². The number of carbonyl (C=O) groups excluding carboxylic acids is 3. The third-order valence-electron chi connectivity index (χ3n) is 4.33. The van der Waals surface area contributed by atoms with Crippen LogP contribution in [0, 0.1) is 0 Å². The third-order valence-corrected chi connectivity index (χ3v) is 4.33. The Morgan fingerprint density at radius 3 is 2.45 bits per heavy atom. The van der Waals surface area contributed by atoms with E-state index in [1.807, 2.05) is 30.3 Å². The van der Waals surface area contributed by atoms with Crippen LogP contribution in [-0.2, 0) is 25.7 Å². The van der Waals surface area contributed by atoms with Crippen LogP contribution in [0.15, 0.2) is 30.3 Å². The van der Waals surface area contributed by atoms with Gasteiger partial charge >= 0.3 is 12.2 Å². The van der Waals surface area contributed by atoms with Gasteiger partial charge in [-0.25, -0.2) is 14.7 Å². The Labute approximate surface area is 170 Å². The number of hydroxylamine groups is 2. The van der Waals surface area contributed by atoms with Crippen molar-refractivity contribution in [2.75, 3.05) is 20.7 Å². The molecule has 0 bridgehead atoms. The number of likely N-dealkylation sites (tertiary alicyclic amines) is 1. The summed E-state index contributed by atoms with van der Waals surface area (Å²) in [4.78, 5) is 43.6. The van der Waals surface area contributed by atoms with Gasteiger partial charge < -0.3 is 14.8 Å². The van der Waals surface area contributed by atoms with E-state index in [1.165, 1.54) is 19.1 Å². The SMILES string of the molecule is CON(C)C(=O)[C@@H]1C[C@H](NC(=O)OCc2ccccc2)CN1C(=O)OC(C)(C)C. The molecule has 1 aliphatic heterocycles. The lowest BCUT2D eigenvalue weighted by atomic mass is 10.1. The van der Waals surface area contributed by atoms with Crippen molar-refractivity contribution in [2.24, 2.45) is 0 Å². The molecule has 29 heavy (non-hydrogen) atoms. The number of benzene rings is 1. The van der Waals surface area contributed by atoms with E-state index >= 15 is 0 Å². The Hall–Kier alpha value is -2.81. The van der Waals surface area contributed by atoms with Gasteiger partial charge in [-0.2, -0.15) is 0 Å². The summed E-state index contributed by atoms with van der Waals surface area (Å²) in [6, 6.07) is 8.02. The molecular weight excluding hydrogens is 378 g/mol. The number of likely N-dealkylation sites (N-methyl/N-ethyl adjacent to an activating group) is 1. The van der Waals surface area contributed by atoms with Crippen LogP contribution in [0.2, 0.25) is 0 Å². The minimum Gasteiger partial charge on any atom is -0.445 e. The van der Waals surface area contributed by atoms with Crippen LogP contribution in [0.5, 0.6) is 0 Å². The molecule has 0 aromatic heterocycles. The molecule has 0 saturated carbocycles. The predicted octanol–water partition coefficient (Wildman–Crippen LogP) is 2.31. The molecule has 1 aromatic rings. The van der Waals surface area contributed by atoms with Crippen LogP contribution >= 0.6 is 0 Å². The zero-order valence-electron chi connectivity index (χ0n) is 17.5. The van der Waals surface area contributed by atoms with E-state index in [4.69, 9.17) is 14.3 Å². The van der Waals surface area contributed by atoms with Gasteiger partial charge in [-0.15, -0.1) is 0 Å². The summed E-state index contributed by atoms with van der Waals surface area (Å²) in [5.41, 5.74) is 0.150. The molecule has 1 N–H and O–H groups in total. The molecule has 160 valence electrons. The summed E-state index contributed by atoms with van der Waals surface area (Å²) in [7, 11) is 2.83. The summed E-state index contributed by atoms with van der Waals surface area (Å²) < 4.78 is 10.6. The number of carbonyl (C=O) groups is 3. The molecule has 0 aliphatic carbocycles. The lowest BCUT2D eigenvalue weighted by molar-refractivity contribution is -0.173. The molecule has 1 aliphatic rings. The highest BCUT2D eigenvalue weighted by Gasteiger charge is 2.43. The van der Waals surface area contributed by atoms with Crippen molar-refractivity contribution in [3.8, 4) is 0 Å². The Morgan fingerprint density at radius 1 is 1.21 bits per heavy atom. The molecule has 3 amide bonds. The fraction of sp³-hybridized carbons (Fsp3) is 0.550. The second-order valence-corrected chi connectivity index (χ2v) is 7.81. The summed E-state index contributed by atoms with van der Waals surface area (Å²) in [6.07, 6.45) is -1.01. The van der Waals surface area contributed by atoms with Crippen molar-refractivity contribution in [2.45, 2.75) is 51.5 Å². The number of hydrogen-bond acceptors (Lipinski definition) is 6. The van der Waals surface area contributed by atoms with Crippen LogP contribution in [0.3, 0.4) is 0 Å². The largest absolute Gasteiger partial charge is 0.445 e. The predicted molar refractivity (Wildman–Crippen MR) is 105 cm³/mol. The molecule has 1 heterocycles. The smallest absolute Gasteiger partial charge is 0.411 e. The topological polar surface area (TPSA) is 97.4 Å². The first-order chi connectivity index (χ1) is 13.6. The van der Waals surface area contributed by atoms with Crippen molar-refractivity contribution in [3.63, 3.8) is 0 Å². The highest BCUT2D eigenvalue weighted by atomic mass is 16.7. The van der Waals surface area contributed by atoms with E-state index < -0.39 is 35.8 Å². The average Bonchev–Trinajstić information content (AvgIpc) is 3.08. The normalized spacial score (nSPS) is 18.9. The summed E-state index contributed by atoms with van der Waals surface area (Å²) in [6.45, 7) is 5.49. The first-order valence-corrected chi connectivity index (χ1v) is 9.39. The number of nitrogens with zero attached hydrogens (tertiary/aromatic N) is 2. The van der Waals surface area contributed by atoms with E-state index in [1.54, 1.807) is 20.8 Å². The molecule has 2 atom stereocenters. The van der Waals surface area contributed by atoms with E-state index in [-0.39, 0.29) is 19.6 Å². The van der Waals surface area contributed by atoms with E-state index in [0.717, 1.165) is 10.6 Å². The monoisotopic (exact) mass is 407 g/mol. The minimum atomic E-state index is -0.811. The molecule has 0 radical (unpaired) electrons. The molecule has 0 spiro atoms. The van der Waals surface area contributed by atoms with Crippen LogP contribution in [0.1, 0.15) is 32.8 Å². The zero-order chi connectivity index (χ0) is 21.6. The van der Waals surface area contributed by atoms with Crippen LogP contribution in [0.4, 0.5) is 9.59 Å². The fourth-order valence-electron chi connectivity index (χ4n) is 2.93. The second-order valence-electron chi connectivity index (χ2n) is 7.81. The van der Waals surface area contributed by atoms with Crippen molar-refractivity contribution in [3.05, 3.63) is 35.9 Å². The van der Waals surface area contributed by atoms with Crippen molar-refractivity contribution >= 4 is 18.1 Å². The number of amides is 3. The van der Waals surface area contributed by atoms with Gasteiger partial charge in [0.25, 0.3) is 5.91 Å². The quantitative estimate of drug-likeness (QED) is 0.753. The van der Waals surface area contributed by atoms with E-state index in [9.17, 15) is 14.4 Å². The van der Waals surface area contributed by atoms with Gasteiger partial charge in [0.15, 0.2) is 0 Å². The Morgan fingerprint density at radius 2 is 1.86 bits per heavy atom. The van der Waals surface area contributed by atoms with Gasteiger partial charge in [-0.05, 0) is 32.8 Å². The molecule has 1 aromatic carbocycles. The van der Waals surface area contributed by atoms with Crippen molar-refractivity contribution in [1.82, 2.24) is 15.3 Å². The molecule has 1 fully saturated rings. The van der Waals surface area contributed by atoms with Gasteiger partial charge in [0.1, 0.15) is 18.2 Å². The third kappa shape index (κ3) is 6.63. The van der Waals surface area contributed by atoms with E-state index in [2.05, 4.69) is 5.32 Å². The number of alkyl carbamates (subject to hydrolysis) is 1. The molecule has 9 heteroatoms.